The fourth-order valence-electron chi connectivity index (χ4n) is 0. The van der Waals surface area contributed by atoms with Crippen LogP contribution in [0.4, 0.5) is 0 Å². The Morgan fingerprint density at radius 3 is 0.357 bits per heavy atom. The van der Waals surface area contributed by atoms with Crippen LogP contribution < -0.4 is 6.15 Å². The van der Waals surface area contributed by atoms with Crippen LogP contribution in [0.1, 0.15) is 0 Å². The molecule has 76 valence electrons. The molecule has 0 radical (unpaired) electrons. The number of hydrogen-bond acceptors (Lipinski definition) is 7. The minimum absolute atomic E-state index is 0. The van der Waals surface area contributed by atoms with Crippen LogP contribution in [-0.4, -0.2) is 0 Å². The average molecular weight is 235 g/mol. The number of hydrogen-bond donors (Lipinski definition) is 1. The fraction of sp³-hybridized carbons (Fsp3) is 0. The molecular weight excluding hydrogens is 226 g/mol. The molecule has 0 aromatic heterocycles. The van der Waals surface area contributed by atoms with Gasteiger partial charge in [0.2, 0.25) is 0 Å². The van der Waals surface area contributed by atoms with Crippen molar-refractivity contribution >= 4 is 0 Å². The minimum atomic E-state index is 0. The van der Waals surface area contributed by atoms with Gasteiger partial charge in [-0.2, -0.15) is 0 Å². The van der Waals surface area contributed by atoms with Gasteiger partial charge in [-0.15, -0.1) is 0 Å². The van der Waals surface area contributed by atoms with Crippen LogP contribution >= 0.6 is 0 Å². The van der Waals surface area contributed by atoms with Crippen molar-refractivity contribution < 1.29 is 17.1 Å². The van der Waals surface area contributed by atoms with Crippen LogP contribution in [0.2, 0.25) is 0 Å². The summed E-state index contributed by atoms with van der Waals surface area (Å²) in [6.07, 6.45) is 0. The zero-order chi connectivity index (χ0) is 12.0. The number of rotatable bonds is 0. The second-order valence-electron chi connectivity index (χ2n) is 0. The van der Waals surface area contributed by atoms with Crippen LogP contribution in [-0.2, 0) is 17.1 Å². The molecule has 0 aliphatic carbocycles. The Bertz CT molecular complexity index is 93.2. The molecule has 0 bridgehead atoms. The Balaban J connectivity index is -0.00000000500. The summed E-state index contributed by atoms with van der Waals surface area (Å²) in [6.45, 7) is 21.0. The predicted molar refractivity (Wildman–Crippen MR) is 45.0 cm³/mol. The molecule has 0 fully saturated rings. The molecule has 7 nitrogen and oxygen atoms in total. The third-order valence-corrected chi connectivity index (χ3v) is 0. The molecule has 0 spiro atoms. The molecule has 3 N–H and O–H groups in total. The van der Waals surface area contributed by atoms with E-state index in [0.717, 1.165) is 0 Å². The first-order chi connectivity index (χ1) is 6.00. The van der Waals surface area contributed by atoms with Gasteiger partial charge in [0.15, 0.2) is 0 Å². The first kappa shape index (κ1) is 106. The fourth-order valence-corrected chi connectivity index (χ4v) is 0. The van der Waals surface area contributed by atoms with Gasteiger partial charge >= 0.3 is 0 Å². The van der Waals surface area contributed by atoms with Crippen molar-refractivity contribution in [2.45, 2.75) is 0 Å². The molecular formula is C6H9FeN7. The van der Waals surface area contributed by atoms with Gasteiger partial charge in [-0.3, -0.25) is 0 Å². The quantitative estimate of drug-likeness (QED) is 0.607. The molecule has 0 saturated heterocycles. The van der Waals surface area contributed by atoms with Crippen LogP contribution in [0.25, 0.3) is 0 Å². The second-order valence-corrected chi connectivity index (χ2v) is 0. The van der Waals surface area contributed by atoms with Gasteiger partial charge in [0.05, 0.1) is 0 Å². The topological polar surface area (TPSA) is 178 Å². The maximum absolute atomic E-state index is 6.50. The Kier molecular flexibility index (Phi) is 1050. The first-order valence-corrected chi connectivity index (χ1v) is 1.55. The Morgan fingerprint density at radius 2 is 0.357 bits per heavy atom. The summed E-state index contributed by atoms with van der Waals surface area (Å²) >= 11 is 0. The normalized spacial score (nSPS) is 0.857. The Hall–Kier alpha value is -2.58. The van der Waals surface area contributed by atoms with Gasteiger partial charge in [0.1, 0.15) is 0 Å². The van der Waals surface area contributed by atoms with Crippen LogP contribution in [0, 0.1) is 71.0 Å². The van der Waals surface area contributed by atoms with E-state index in [1.54, 1.807) is 0 Å². The van der Waals surface area contributed by atoms with Crippen LogP contribution in [0.3, 0.4) is 0 Å². The first-order valence-electron chi connectivity index (χ1n) is 1.55. The van der Waals surface area contributed by atoms with Gasteiger partial charge in [-0.1, -0.05) is 0 Å². The summed E-state index contributed by atoms with van der Waals surface area (Å²) in [5.41, 5.74) is 0. The summed E-state index contributed by atoms with van der Waals surface area (Å²) in [5, 5.41) is 39.0. The summed E-state index contributed by atoms with van der Waals surface area (Å²) in [7, 11) is 0. The van der Waals surface area contributed by atoms with Crippen molar-refractivity contribution in [2.24, 2.45) is 0 Å². The molecule has 0 atom stereocenters. The van der Waals surface area contributed by atoms with E-state index < -0.39 is 0 Å². The molecule has 0 unspecified atom stereocenters. The smallest absolute Gasteiger partial charge is 0.0462 e. The molecule has 8 heteroatoms. The molecule has 0 amide bonds. The number of nitrogens with zero attached hydrogens (tertiary/aromatic N) is 6. The zero-order valence-electron chi connectivity index (χ0n) is 7.21. The van der Waals surface area contributed by atoms with Crippen molar-refractivity contribution in [1.82, 2.24) is 6.15 Å². The largest absolute Gasteiger partial charge is 0.344 e. The Morgan fingerprint density at radius 1 is 0.357 bits per heavy atom. The van der Waals surface area contributed by atoms with E-state index in [-0.39, 0.29) is 23.2 Å². The monoisotopic (exact) mass is 235 g/mol. The van der Waals surface area contributed by atoms with Crippen LogP contribution in [0.5, 0.6) is 0 Å². The molecule has 0 aromatic carbocycles. The zero-order valence-corrected chi connectivity index (χ0v) is 8.31. The van der Waals surface area contributed by atoms with E-state index in [0.29, 0.717) is 0 Å². The van der Waals surface area contributed by atoms with Crippen molar-refractivity contribution in [1.29, 1.82) is 31.6 Å². The predicted octanol–water partition coefficient (Wildman–Crippen LogP) is 0.998. The maximum Gasteiger partial charge on any atom is 0.0462 e. The van der Waals surface area contributed by atoms with Gasteiger partial charge in [0, 0.05) is 56.5 Å². The molecule has 0 rings (SSSR count). The minimum Gasteiger partial charge on any atom is -0.344 e. The van der Waals surface area contributed by atoms with E-state index in [9.17, 15) is 0 Å². The second kappa shape index (κ2) is 139. The SMILES string of the molecule is C#N.C#N.C#N.C#N.C#N.C#N.N.[Fe]. The molecule has 0 saturated carbocycles. The standard InChI is InChI=1S/6CHN.Fe.H3N/c6*1-2;;/h6*1H;;1H3. The number of nitriles is 6. The summed E-state index contributed by atoms with van der Waals surface area (Å²) < 4.78 is 0. The van der Waals surface area contributed by atoms with Crippen molar-refractivity contribution in [3.8, 4) is 39.4 Å². The summed E-state index contributed by atoms with van der Waals surface area (Å²) in [6, 6.07) is 0. The average Bonchev–Trinajstić information content (AvgIpc) is 2.33. The molecule has 0 aliphatic rings. The third kappa shape index (κ3) is 100. The molecule has 14 heavy (non-hydrogen) atoms. The van der Waals surface area contributed by atoms with Gasteiger partial charge in [-0.25, -0.2) is 31.6 Å². The van der Waals surface area contributed by atoms with Crippen LogP contribution in [0.15, 0.2) is 0 Å². The molecule has 0 heterocycles. The van der Waals surface area contributed by atoms with Crippen molar-refractivity contribution in [3.63, 3.8) is 0 Å². The van der Waals surface area contributed by atoms with E-state index in [2.05, 4.69) is 39.4 Å². The molecule has 0 aromatic rings. The molecule has 0 aliphatic heterocycles. The van der Waals surface area contributed by atoms with Gasteiger partial charge in [-0.05, 0) is 0 Å². The van der Waals surface area contributed by atoms with E-state index in [1.807, 2.05) is 0 Å². The maximum atomic E-state index is 6.50. The Labute approximate surface area is 94.7 Å². The summed E-state index contributed by atoms with van der Waals surface area (Å²) in [4.78, 5) is 0. The van der Waals surface area contributed by atoms with E-state index in [4.69, 9.17) is 31.6 Å². The van der Waals surface area contributed by atoms with Crippen molar-refractivity contribution in [2.75, 3.05) is 0 Å². The van der Waals surface area contributed by atoms with Crippen molar-refractivity contribution in [3.05, 3.63) is 0 Å². The van der Waals surface area contributed by atoms with Gasteiger partial charge in [0.25, 0.3) is 0 Å². The summed E-state index contributed by atoms with van der Waals surface area (Å²) in [5.74, 6) is 0. The van der Waals surface area contributed by atoms with Gasteiger partial charge < -0.3 is 6.15 Å². The van der Waals surface area contributed by atoms with E-state index in [1.165, 1.54) is 0 Å². The van der Waals surface area contributed by atoms with E-state index >= 15 is 0 Å². The third-order valence-electron chi connectivity index (χ3n) is 0.